The molecular weight excluding hydrogens is 461 g/mol. The van der Waals surface area contributed by atoms with E-state index in [-0.39, 0.29) is 5.25 Å². The topological polar surface area (TPSA) is 69.6 Å². The van der Waals surface area contributed by atoms with Crippen molar-refractivity contribution in [1.82, 2.24) is 25.0 Å². The van der Waals surface area contributed by atoms with Gasteiger partial charge in [-0.3, -0.25) is 4.57 Å². The van der Waals surface area contributed by atoms with Crippen LogP contribution in [0.15, 0.2) is 88.4 Å². The molecule has 0 saturated heterocycles. The molecule has 0 amide bonds. The lowest BCUT2D eigenvalue weighted by Gasteiger charge is -2.13. The molecule has 0 radical (unpaired) electrons. The average Bonchev–Trinajstić information content (AvgIpc) is 3.48. The van der Waals surface area contributed by atoms with Gasteiger partial charge in [0.25, 0.3) is 0 Å². The van der Waals surface area contributed by atoms with E-state index in [9.17, 15) is 4.39 Å². The highest BCUT2D eigenvalue weighted by molar-refractivity contribution is 7.99. The first kappa shape index (κ1) is 21.4. The van der Waals surface area contributed by atoms with Gasteiger partial charge in [0, 0.05) is 11.1 Å². The van der Waals surface area contributed by atoms with E-state index in [4.69, 9.17) is 16.0 Å². The number of para-hydroxylation sites is 1. The minimum absolute atomic E-state index is 0.260. The zero-order chi connectivity index (χ0) is 22.8. The molecule has 164 valence electrons. The van der Waals surface area contributed by atoms with Gasteiger partial charge in [0.05, 0.1) is 16.0 Å². The summed E-state index contributed by atoms with van der Waals surface area (Å²) in [5, 5.41) is 17.7. The van der Waals surface area contributed by atoms with Gasteiger partial charge in [0.15, 0.2) is 11.0 Å². The third kappa shape index (κ3) is 4.27. The van der Waals surface area contributed by atoms with Crippen LogP contribution < -0.4 is 0 Å². The maximum atomic E-state index is 14.8. The number of thioether (sulfide) groups is 1. The summed E-state index contributed by atoms with van der Waals surface area (Å²) in [7, 11) is 0. The number of rotatable bonds is 6. The van der Waals surface area contributed by atoms with Crippen molar-refractivity contribution in [3.05, 3.63) is 95.6 Å². The molecule has 2 heterocycles. The van der Waals surface area contributed by atoms with Crippen LogP contribution in [0.4, 0.5) is 4.39 Å². The van der Waals surface area contributed by atoms with Gasteiger partial charge in [0.2, 0.25) is 11.8 Å². The van der Waals surface area contributed by atoms with E-state index >= 15 is 0 Å². The smallest absolute Gasteiger partial charge is 0.247 e. The molecular formula is C24H17ClFN5OS. The van der Waals surface area contributed by atoms with E-state index in [0.29, 0.717) is 39.0 Å². The molecule has 1 atom stereocenters. The number of hydrogen-bond donors (Lipinski definition) is 0. The molecule has 0 N–H and O–H groups in total. The first-order valence-corrected chi connectivity index (χ1v) is 11.4. The fourth-order valence-corrected chi connectivity index (χ4v) is 4.43. The Morgan fingerprint density at radius 1 is 0.879 bits per heavy atom. The van der Waals surface area contributed by atoms with Crippen LogP contribution in [-0.4, -0.2) is 25.0 Å². The van der Waals surface area contributed by atoms with Gasteiger partial charge in [-0.1, -0.05) is 65.8 Å². The summed E-state index contributed by atoms with van der Waals surface area (Å²) in [6, 6.07) is 23.3. The fraction of sp³-hybridized carbons (Fsp3) is 0.0833. The summed E-state index contributed by atoms with van der Waals surface area (Å²) in [4.78, 5) is 0. The van der Waals surface area contributed by atoms with Gasteiger partial charge in [-0.2, -0.15) is 0 Å². The van der Waals surface area contributed by atoms with Crippen LogP contribution in [0.3, 0.4) is 0 Å². The van der Waals surface area contributed by atoms with Gasteiger partial charge in [0.1, 0.15) is 5.82 Å². The molecule has 1 unspecified atom stereocenters. The van der Waals surface area contributed by atoms with Crippen molar-refractivity contribution in [3.8, 4) is 28.5 Å². The van der Waals surface area contributed by atoms with Crippen LogP contribution in [0.25, 0.3) is 28.5 Å². The maximum Gasteiger partial charge on any atom is 0.247 e. The van der Waals surface area contributed by atoms with E-state index in [0.717, 1.165) is 5.56 Å². The predicted molar refractivity (Wildman–Crippen MR) is 126 cm³/mol. The molecule has 9 heteroatoms. The summed E-state index contributed by atoms with van der Waals surface area (Å²) >= 11 is 7.75. The predicted octanol–water partition coefficient (Wildman–Crippen LogP) is 6.63. The first-order chi connectivity index (χ1) is 16.1. The SMILES string of the molecule is CC(Sc1nnc(-c2ccccc2Cl)n1-c1ccccc1F)c1nnc(-c2ccccc2)o1. The molecule has 3 aromatic carbocycles. The second kappa shape index (κ2) is 9.17. The third-order valence-corrected chi connectivity index (χ3v) is 6.29. The van der Waals surface area contributed by atoms with Crippen LogP contribution in [-0.2, 0) is 0 Å². The summed E-state index contributed by atoms with van der Waals surface area (Å²) in [6.07, 6.45) is 0. The maximum absolute atomic E-state index is 14.8. The van der Waals surface area contributed by atoms with Crippen molar-refractivity contribution in [2.24, 2.45) is 0 Å². The summed E-state index contributed by atoms with van der Waals surface area (Å²) in [5.41, 5.74) is 1.81. The van der Waals surface area contributed by atoms with Crippen molar-refractivity contribution < 1.29 is 8.81 Å². The highest BCUT2D eigenvalue weighted by atomic mass is 35.5. The minimum atomic E-state index is -0.399. The molecule has 5 rings (SSSR count). The average molecular weight is 478 g/mol. The van der Waals surface area contributed by atoms with E-state index in [1.54, 1.807) is 28.8 Å². The monoisotopic (exact) mass is 477 g/mol. The lowest BCUT2D eigenvalue weighted by molar-refractivity contribution is 0.509. The van der Waals surface area contributed by atoms with Gasteiger partial charge in [-0.25, -0.2) is 4.39 Å². The van der Waals surface area contributed by atoms with E-state index < -0.39 is 5.82 Å². The van der Waals surface area contributed by atoms with Crippen molar-refractivity contribution in [3.63, 3.8) is 0 Å². The summed E-state index contributed by atoms with van der Waals surface area (Å²) in [6.45, 7) is 1.92. The lowest BCUT2D eigenvalue weighted by atomic mass is 10.2. The van der Waals surface area contributed by atoms with Gasteiger partial charge in [-0.05, 0) is 43.3 Å². The van der Waals surface area contributed by atoms with Crippen molar-refractivity contribution >= 4 is 23.4 Å². The largest absolute Gasteiger partial charge is 0.419 e. The highest BCUT2D eigenvalue weighted by Gasteiger charge is 2.24. The third-order valence-electron chi connectivity index (χ3n) is 4.93. The quantitative estimate of drug-likeness (QED) is 0.256. The Bertz CT molecular complexity index is 1410. The lowest BCUT2D eigenvalue weighted by Crippen LogP contribution is -2.03. The Balaban J connectivity index is 1.53. The Hall–Kier alpha value is -3.49. The standard InChI is InChI=1S/C24H17ClFN5OS/c1-15(22-28-29-23(32-22)16-9-3-2-4-10-16)33-24-30-27-21(17-11-5-6-12-18(17)25)31(24)20-14-8-7-13-19(20)26/h2-15H,1H3. The van der Waals surface area contributed by atoms with Crippen LogP contribution in [0, 0.1) is 5.82 Å². The Kier molecular flexibility index (Phi) is 5.93. The normalized spacial score (nSPS) is 12.1. The van der Waals surface area contributed by atoms with Gasteiger partial charge >= 0.3 is 0 Å². The molecule has 0 spiro atoms. The molecule has 0 aliphatic heterocycles. The second-order valence-electron chi connectivity index (χ2n) is 7.14. The van der Waals surface area contributed by atoms with Crippen LogP contribution in [0.2, 0.25) is 5.02 Å². The van der Waals surface area contributed by atoms with E-state index in [2.05, 4.69) is 20.4 Å². The minimum Gasteiger partial charge on any atom is -0.419 e. The Morgan fingerprint density at radius 2 is 1.61 bits per heavy atom. The highest BCUT2D eigenvalue weighted by Crippen LogP contribution is 2.38. The molecule has 0 aliphatic rings. The van der Waals surface area contributed by atoms with E-state index in [1.165, 1.54) is 17.8 Å². The number of hydrogen-bond acceptors (Lipinski definition) is 6. The number of benzene rings is 3. The first-order valence-electron chi connectivity index (χ1n) is 10.1. The number of nitrogens with zero attached hydrogens (tertiary/aromatic N) is 5. The number of aromatic nitrogens is 5. The van der Waals surface area contributed by atoms with Crippen LogP contribution in [0.5, 0.6) is 0 Å². The molecule has 6 nitrogen and oxygen atoms in total. The van der Waals surface area contributed by atoms with Crippen molar-refractivity contribution in [2.45, 2.75) is 17.3 Å². The van der Waals surface area contributed by atoms with Crippen LogP contribution >= 0.6 is 23.4 Å². The Morgan fingerprint density at radius 3 is 2.39 bits per heavy atom. The van der Waals surface area contributed by atoms with Crippen molar-refractivity contribution in [1.29, 1.82) is 0 Å². The zero-order valence-electron chi connectivity index (χ0n) is 17.4. The van der Waals surface area contributed by atoms with Crippen LogP contribution in [0.1, 0.15) is 18.1 Å². The molecule has 0 saturated carbocycles. The Labute approximate surface area is 198 Å². The molecule has 5 aromatic rings. The second-order valence-corrected chi connectivity index (χ2v) is 8.86. The van der Waals surface area contributed by atoms with Crippen molar-refractivity contribution in [2.75, 3.05) is 0 Å². The zero-order valence-corrected chi connectivity index (χ0v) is 19.0. The summed E-state index contributed by atoms with van der Waals surface area (Å²) < 4.78 is 22.4. The molecule has 2 aromatic heterocycles. The van der Waals surface area contributed by atoms with E-state index in [1.807, 2.05) is 55.5 Å². The van der Waals surface area contributed by atoms with Gasteiger partial charge < -0.3 is 4.42 Å². The number of halogens is 2. The molecule has 0 aliphatic carbocycles. The molecule has 0 fully saturated rings. The molecule has 0 bridgehead atoms. The van der Waals surface area contributed by atoms with Gasteiger partial charge in [-0.15, -0.1) is 20.4 Å². The molecule has 33 heavy (non-hydrogen) atoms. The fourth-order valence-electron chi connectivity index (χ4n) is 3.32. The summed E-state index contributed by atoms with van der Waals surface area (Å²) in [5.74, 6) is 0.909.